The Morgan fingerprint density at radius 1 is 0.872 bits per heavy atom. The minimum absolute atomic E-state index is 0.00729. The maximum absolute atomic E-state index is 13.3. The molecule has 1 saturated heterocycles. The van der Waals surface area contributed by atoms with Crippen LogP contribution in [0.5, 0.6) is 0 Å². The van der Waals surface area contributed by atoms with Gasteiger partial charge in [0.05, 0.1) is 6.04 Å². The van der Waals surface area contributed by atoms with E-state index in [0.717, 1.165) is 6.42 Å². The second kappa shape index (κ2) is 22.0. The van der Waals surface area contributed by atoms with Crippen molar-refractivity contribution in [3.63, 3.8) is 0 Å². The van der Waals surface area contributed by atoms with Gasteiger partial charge in [-0.05, 0) is 70.9 Å². The molecule has 0 spiro atoms. The molecule has 1 fully saturated rings. The van der Waals surface area contributed by atoms with Crippen LogP contribution in [-0.4, -0.2) is 108 Å². The van der Waals surface area contributed by atoms with E-state index in [4.69, 9.17) is 17.2 Å². The van der Waals surface area contributed by atoms with Gasteiger partial charge in [-0.3, -0.25) is 29.0 Å². The number of nitrogens with one attached hydrogen (secondary N) is 6. The average Bonchev–Trinajstić information content (AvgIpc) is 3.57. The Balaban J connectivity index is 2.99. The van der Waals surface area contributed by atoms with Crippen LogP contribution in [0.15, 0.2) is 4.99 Å². The SMILES string of the molecule is CCC(C)C(NC(=O)C(CCCN=C(N)N)NC(=O)C(C)NC(=O)C(CCCCN)NC(=O)C(CS)NC(=O)C1CCCN1)C(=O)O. The van der Waals surface area contributed by atoms with Crippen LogP contribution in [0.1, 0.15) is 72.1 Å². The summed E-state index contributed by atoms with van der Waals surface area (Å²) < 4.78 is 0. The Morgan fingerprint density at radius 2 is 1.47 bits per heavy atom. The number of nitrogens with zero attached hydrogens (tertiary/aromatic N) is 1. The fraction of sp³-hybridized carbons (Fsp3) is 0.759. The molecule has 13 N–H and O–H groups in total. The minimum atomic E-state index is -1.21. The zero-order valence-electron chi connectivity index (χ0n) is 27.5. The summed E-state index contributed by atoms with van der Waals surface area (Å²) in [7, 11) is 0. The molecule has 268 valence electrons. The number of carbonyl (C=O) groups is 6. The van der Waals surface area contributed by atoms with Crippen LogP contribution in [-0.2, 0) is 28.8 Å². The van der Waals surface area contributed by atoms with E-state index in [1.54, 1.807) is 13.8 Å². The van der Waals surface area contributed by atoms with Gasteiger partial charge >= 0.3 is 5.97 Å². The molecule has 1 aliphatic heterocycles. The van der Waals surface area contributed by atoms with Crippen LogP contribution in [0.4, 0.5) is 0 Å². The first kappa shape index (κ1) is 41.4. The first-order chi connectivity index (χ1) is 22.2. The molecular weight excluding hydrogens is 632 g/mol. The summed E-state index contributed by atoms with van der Waals surface area (Å²) in [5.74, 6) is -4.77. The fourth-order valence-corrected chi connectivity index (χ4v) is 5.05. The quantitative estimate of drug-likeness (QED) is 0.0243. The summed E-state index contributed by atoms with van der Waals surface area (Å²) in [5, 5.41) is 25.7. The van der Waals surface area contributed by atoms with Crippen molar-refractivity contribution in [2.45, 2.75) is 108 Å². The van der Waals surface area contributed by atoms with Crippen molar-refractivity contribution < 1.29 is 33.9 Å². The molecule has 0 aromatic carbocycles. The van der Waals surface area contributed by atoms with Crippen molar-refractivity contribution >= 4 is 54.1 Å². The van der Waals surface area contributed by atoms with Gasteiger partial charge in [-0.2, -0.15) is 12.6 Å². The number of unbranched alkanes of at least 4 members (excludes halogenated alkanes) is 1. The summed E-state index contributed by atoms with van der Waals surface area (Å²) in [6, 6.07) is -5.95. The smallest absolute Gasteiger partial charge is 0.326 e. The predicted octanol–water partition coefficient (Wildman–Crippen LogP) is -2.57. The van der Waals surface area contributed by atoms with E-state index in [2.05, 4.69) is 49.5 Å². The van der Waals surface area contributed by atoms with Gasteiger partial charge in [-0.1, -0.05) is 20.3 Å². The average molecular weight is 687 g/mol. The number of aliphatic carboxylic acids is 1. The monoisotopic (exact) mass is 686 g/mol. The molecule has 0 aromatic heterocycles. The first-order valence-corrected chi connectivity index (χ1v) is 16.7. The van der Waals surface area contributed by atoms with Crippen LogP contribution in [0, 0.1) is 5.92 Å². The van der Waals surface area contributed by atoms with Crippen LogP contribution in [0.3, 0.4) is 0 Å². The summed E-state index contributed by atoms with van der Waals surface area (Å²) in [6.45, 7) is 6.12. The Kier molecular flexibility index (Phi) is 19.4. The molecule has 18 heteroatoms. The number of carboxylic acid groups (broad SMARTS) is 1. The molecule has 1 aliphatic rings. The maximum Gasteiger partial charge on any atom is 0.326 e. The number of thiol groups is 1. The standard InChI is InChI=1S/C29H54N10O7S/c1-4-16(2)22(28(45)46)39-26(43)20(11-8-14-34-29(31)32)36-23(40)17(3)35-25(42)19(9-5-6-12-30)37-27(44)21(15-47)38-24(41)18-10-7-13-33-18/h16-22,33,47H,4-15,30H2,1-3H3,(H,35,42)(H,36,40)(H,37,44)(H,38,41)(H,39,43)(H,45,46)(H4,31,32,34). The largest absolute Gasteiger partial charge is 0.480 e. The minimum Gasteiger partial charge on any atom is -0.480 e. The summed E-state index contributed by atoms with van der Waals surface area (Å²) in [4.78, 5) is 81.0. The van der Waals surface area contributed by atoms with Crippen molar-refractivity contribution in [2.24, 2.45) is 28.1 Å². The van der Waals surface area contributed by atoms with Crippen molar-refractivity contribution in [3.05, 3.63) is 0 Å². The van der Waals surface area contributed by atoms with E-state index >= 15 is 0 Å². The second-order valence-electron chi connectivity index (χ2n) is 11.7. The van der Waals surface area contributed by atoms with Gasteiger partial charge in [0.25, 0.3) is 0 Å². The normalized spacial score (nSPS) is 17.9. The number of carbonyl (C=O) groups excluding carboxylic acids is 5. The van der Waals surface area contributed by atoms with Gasteiger partial charge < -0.3 is 54.2 Å². The maximum atomic E-state index is 13.3. The third kappa shape index (κ3) is 15.2. The molecule has 1 rings (SSSR count). The Hall–Kier alpha value is -3.64. The summed E-state index contributed by atoms with van der Waals surface area (Å²) in [5.41, 5.74) is 16.3. The lowest BCUT2D eigenvalue weighted by Gasteiger charge is -2.26. The molecule has 5 amide bonds. The summed E-state index contributed by atoms with van der Waals surface area (Å²) >= 11 is 4.20. The van der Waals surface area contributed by atoms with Gasteiger partial charge in [-0.15, -0.1) is 0 Å². The molecule has 0 saturated carbocycles. The lowest BCUT2D eigenvalue weighted by atomic mass is 9.98. The molecule has 47 heavy (non-hydrogen) atoms. The molecule has 0 aromatic rings. The number of rotatable bonds is 22. The highest BCUT2D eigenvalue weighted by Gasteiger charge is 2.32. The number of aliphatic imine (C=N–C) groups is 1. The van der Waals surface area contributed by atoms with Gasteiger partial charge in [0.1, 0.15) is 30.2 Å². The highest BCUT2D eigenvalue weighted by molar-refractivity contribution is 7.80. The Bertz CT molecular complexity index is 1090. The zero-order chi connectivity index (χ0) is 35.5. The molecule has 0 radical (unpaired) electrons. The summed E-state index contributed by atoms with van der Waals surface area (Å²) in [6.07, 6.45) is 3.63. The highest BCUT2D eigenvalue weighted by Crippen LogP contribution is 2.10. The number of nitrogens with two attached hydrogens (primary N) is 3. The van der Waals surface area contributed by atoms with Gasteiger partial charge in [-0.25, -0.2) is 4.79 Å². The van der Waals surface area contributed by atoms with E-state index in [1.807, 2.05) is 0 Å². The van der Waals surface area contributed by atoms with Crippen LogP contribution < -0.4 is 49.1 Å². The van der Waals surface area contributed by atoms with Crippen LogP contribution in [0.2, 0.25) is 0 Å². The molecule has 0 bridgehead atoms. The second-order valence-corrected chi connectivity index (χ2v) is 12.1. The van der Waals surface area contributed by atoms with Crippen molar-refractivity contribution in [3.8, 4) is 0 Å². The lowest BCUT2D eigenvalue weighted by molar-refractivity contribution is -0.144. The fourth-order valence-electron chi connectivity index (χ4n) is 4.79. The number of hydrogen-bond donors (Lipinski definition) is 11. The van der Waals surface area contributed by atoms with E-state index in [0.29, 0.717) is 38.8 Å². The van der Waals surface area contributed by atoms with Crippen LogP contribution >= 0.6 is 12.6 Å². The zero-order valence-corrected chi connectivity index (χ0v) is 28.4. The molecule has 7 unspecified atom stereocenters. The first-order valence-electron chi connectivity index (χ1n) is 16.1. The molecule has 17 nitrogen and oxygen atoms in total. The van der Waals surface area contributed by atoms with E-state index in [-0.39, 0.29) is 49.3 Å². The van der Waals surface area contributed by atoms with E-state index in [1.165, 1.54) is 6.92 Å². The van der Waals surface area contributed by atoms with Crippen molar-refractivity contribution in [1.29, 1.82) is 0 Å². The molecular formula is C29H54N10O7S. The Morgan fingerprint density at radius 3 is 2.00 bits per heavy atom. The topological polar surface area (TPSA) is 285 Å². The van der Waals surface area contributed by atoms with E-state index in [9.17, 15) is 33.9 Å². The molecule has 0 aliphatic carbocycles. The lowest BCUT2D eigenvalue weighted by Crippen LogP contribution is -2.59. The van der Waals surface area contributed by atoms with Crippen LogP contribution in [0.25, 0.3) is 0 Å². The predicted molar refractivity (Wildman–Crippen MR) is 180 cm³/mol. The number of carboxylic acids is 1. The van der Waals surface area contributed by atoms with Gasteiger partial charge in [0, 0.05) is 12.3 Å². The van der Waals surface area contributed by atoms with E-state index < -0.39 is 65.8 Å². The number of hydrogen-bond acceptors (Lipinski definition) is 10. The Labute approximate surface area is 281 Å². The highest BCUT2D eigenvalue weighted by atomic mass is 32.1. The third-order valence-corrected chi connectivity index (χ3v) is 8.24. The van der Waals surface area contributed by atoms with Gasteiger partial charge in [0.15, 0.2) is 5.96 Å². The number of amides is 5. The van der Waals surface area contributed by atoms with Crippen molar-refractivity contribution in [2.75, 3.05) is 25.4 Å². The van der Waals surface area contributed by atoms with Crippen molar-refractivity contribution in [1.82, 2.24) is 31.9 Å². The molecule has 7 atom stereocenters. The number of guanidine groups is 1. The molecule has 1 heterocycles. The third-order valence-electron chi connectivity index (χ3n) is 7.88. The van der Waals surface area contributed by atoms with Gasteiger partial charge in [0.2, 0.25) is 29.5 Å².